The quantitative estimate of drug-likeness (QED) is 0.674. The molecule has 0 spiro atoms. The van der Waals surface area contributed by atoms with Gasteiger partial charge in [0.25, 0.3) is 0 Å². The van der Waals surface area contributed by atoms with Crippen LogP contribution in [0, 0.1) is 6.92 Å². The van der Waals surface area contributed by atoms with Crippen molar-refractivity contribution in [3.05, 3.63) is 47.9 Å². The summed E-state index contributed by atoms with van der Waals surface area (Å²) in [7, 11) is 0. The van der Waals surface area contributed by atoms with Crippen LogP contribution in [0.15, 0.2) is 34.9 Å². The first-order valence-electron chi connectivity index (χ1n) is 9.63. The number of fused-ring (bicyclic) bond motifs is 1. The lowest BCUT2D eigenvalue weighted by Crippen LogP contribution is -2.48. The number of benzene rings is 1. The number of aromatic nitrogens is 3. The number of carbonyl (C=O) groups excluding carboxylic acids is 1. The van der Waals surface area contributed by atoms with E-state index in [0.29, 0.717) is 32.1 Å². The first-order valence-corrected chi connectivity index (χ1v) is 9.63. The van der Waals surface area contributed by atoms with Gasteiger partial charge in [-0.05, 0) is 19.1 Å². The van der Waals surface area contributed by atoms with Crippen LogP contribution in [-0.4, -0.2) is 63.2 Å². The summed E-state index contributed by atoms with van der Waals surface area (Å²) in [6, 6.07) is 8.13. The van der Waals surface area contributed by atoms with Gasteiger partial charge in [0.05, 0.1) is 36.9 Å². The maximum absolute atomic E-state index is 11.9. The van der Waals surface area contributed by atoms with E-state index in [1.54, 1.807) is 11.1 Å². The number of imidazole rings is 1. The molecule has 0 aliphatic carbocycles. The van der Waals surface area contributed by atoms with E-state index in [0.717, 1.165) is 42.3 Å². The van der Waals surface area contributed by atoms with Crippen molar-refractivity contribution in [2.45, 2.75) is 26.9 Å². The predicted molar refractivity (Wildman–Crippen MR) is 104 cm³/mol. The van der Waals surface area contributed by atoms with E-state index in [2.05, 4.69) is 20.5 Å². The monoisotopic (exact) mass is 383 g/mol. The van der Waals surface area contributed by atoms with Crippen molar-refractivity contribution in [1.82, 2.24) is 24.3 Å². The van der Waals surface area contributed by atoms with Crippen LogP contribution in [0.3, 0.4) is 0 Å². The molecule has 0 unspecified atom stereocenters. The average molecular weight is 383 g/mol. The zero-order valence-corrected chi connectivity index (χ0v) is 16.3. The topological polar surface area (TPSA) is 76.6 Å². The summed E-state index contributed by atoms with van der Waals surface area (Å²) in [6.45, 7) is 8.32. The van der Waals surface area contributed by atoms with Crippen molar-refractivity contribution in [2.75, 3.05) is 32.8 Å². The van der Waals surface area contributed by atoms with Crippen LogP contribution in [0.5, 0.6) is 0 Å². The molecule has 3 aromatic rings. The summed E-state index contributed by atoms with van der Waals surface area (Å²) in [6.07, 6.45) is 1.54. The number of rotatable bonds is 5. The lowest BCUT2D eigenvalue weighted by molar-refractivity contribution is 0.0769. The second kappa shape index (κ2) is 8.02. The number of carbonyl (C=O) groups is 1. The second-order valence-electron chi connectivity index (χ2n) is 6.91. The molecule has 1 aliphatic rings. The molecule has 1 aromatic carbocycles. The van der Waals surface area contributed by atoms with E-state index in [4.69, 9.17) is 14.1 Å². The molecule has 4 rings (SSSR count). The van der Waals surface area contributed by atoms with E-state index in [9.17, 15) is 4.79 Å². The number of ether oxygens (including phenoxy) is 1. The Hall–Kier alpha value is -2.87. The molecule has 28 heavy (non-hydrogen) atoms. The number of oxazole rings is 1. The molecule has 1 aliphatic heterocycles. The van der Waals surface area contributed by atoms with E-state index in [-0.39, 0.29) is 6.09 Å². The van der Waals surface area contributed by atoms with E-state index in [1.807, 2.05) is 32.0 Å². The van der Waals surface area contributed by atoms with Crippen LogP contribution in [-0.2, 0) is 17.8 Å². The number of piperazine rings is 1. The fourth-order valence-corrected chi connectivity index (χ4v) is 3.56. The number of nitrogens with zero attached hydrogens (tertiary/aromatic N) is 5. The average Bonchev–Trinajstić information content (AvgIpc) is 3.26. The van der Waals surface area contributed by atoms with Crippen molar-refractivity contribution in [3.8, 4) is 0 Å². The number of aryl methyl sites for hydroxylation is 1. The number of hydrogen-bond donors (Lipinski definition) is 0. The molecule has 0 radical (unpaired) electrons. The Balaban J connectivity index is 1.51. The van der Waals surface area contributed by atoms with Gasteiger partial charge in [0.1, 0.15) is 11.6 Å². The Morgan fingerprint density at radius 2 is 1.96 bits per heavy atom. The fourth-order valence-electron chi connectivity index (χ4n) is 3.56. The van der Waals surface area contributed by atoms with Gasteiger partial charge in [-0.3, -0.25) is 4.90 Å². The highest BCUT2D eigenvalue weighted by Crippen LogP contribution is 2.20. The molecule has 8 nitrogen and oxygen atoms in total. The van der Waals surface area contributed by atoms with Gasteiger partial charge in [0.15, 0.2) is 5.89 Å². The molecule has 0 N–H and O–H groups in total. The van der Waals surface area contributed by atoms with Crippen molar-refractivity contribution in [3.63, 3.8) is 0 Å². The van der Waals surface area contributed by atoms with Crippen molar-refractivity contribution in [1.29, 1.82) is 0 Å². The summed E-state index contributed by atoms with van der Waals surface area (Å²) >= 11 is 0. The summed E-state index contributed by atoms with van der Waals surface area (Å²) < 4.78 is 13.0. The van der Waals surface area contributed by atoms with E-state index < -0.39 is 0 Å². The molecule has 148 valence electrons. The fraction of sp³-hybridized carbons (Fsp3) is 0.450. The maximum Gasteiger partial charge on any atom is 0.409 e. The number of amides is 1. The van der Waals surface area contributed by atoms with Gasteiger partial charge >= 0.3 is 6.09 Å². The molecular weight excluding hydrogens is 358 g/mol. The van der Waals surface area contributed by atoms with Gasteiger partial charge in [-0.25, -0.2) is 14.8 Å². The summed E-state index contributed by atoms with van der Waals surface area (Å²) in [5.74, 6) is 2.46. The third-order valence-corrected chi connectivity index (χ3v) is 4.98. The van der Waals surface area contributed by atoms with E-state index in [1.165, 1.54) is 0 Å². The van der Waals surface area contributed by atoms with Gasteiger partial charge in [-0.15, -0.1) is 0 Å². The summed E-state index contributed by atoms with van der Waals surface area (Å²) in [4.78, 5) is 25.0. The van der Waals surface area contributed by atoms with Gasteiger partial charge in [0, 0.05) is 33.1 Å². The third kappa shape index (κ3) is 3.87. The molecule has 2 aromatic heterocycles. The minimum Gasteiger partial charge on any atom is -0.450 e. The molecule has 1 amide bonds. The van der Waals surface area contributed by atoms with Crippen LogP contribution in [0.2, 0.25) is 0 Å². The Kier molecular flexibility index (Phi) is 5.29. The molecule has 0 bridgehead atoms. The van der Waals surface area contributed by atoms with Gasteiger partial charge in [-0.1, -0.05) is 12.1 Å². The van der Waals surface area contributed by atoms with Gasteiger partial charge < -0.3 is 18.6 Å². The van der Waals surface area contributed by atoms with Crippen molar-refractivity contribution < 1.29 is 13.9 Å². The molecule has 8 heteroatoms. The minimum atomic E-state index is -0.227. The van der Waals surface area contributed by atoms with Crippen LogP contribution in [0.25, 0.3) is 11.0 Å². The third-order valence-electron chi connectivity index (χ3n) is 4.98. The maximum atomic E-state index is 11.9. The SMILES string of the molecule is CCOC(=O)N1CCN(Cc2nc3ccccc3n2Cc2cnc(C)o2)CC1. The highest BCUT2D eigenvalue weighted by atomic mass is 16.6. The Morgan fingerprint density at radius 1 is 1.18 bits per heavy atom. The highest BCUT2D eigenvalue weighted by molar-refractivity contribution is 5.76. The zero-order valence-electron chi connectivity index (χ0n) is 16.3. The summed E-state index contributed by atoms with van der Waals surface area (Å²) in [5, 5.41) is 0. The largest absolute Gasteiger partial charge is 0.450 e. The molecule has 0 atom stereocenters. The highest BCUT2D eigenvalue weighted by Gasteiger charge is 2.23. The Labute approximate surface area is 163 Å². The predicted octanol–water partition coefficient (Wildman–Crippen LogP) is 2.66. The molecule has 1 fully saturated rings. The standard InChI is InChI=1S/C20H25N5O3/c1-3-27-20(26)24-10-8-23(9-11-24)14-19-22-17-6-4-5-7-18(17)25(19)13-16-12-21-15(2)28-16/h4-7,12H,3,8-11,13-14H2,1-2H3. The molecular formula is C20H25N5O3. The number of hydrogen-bond acceptors (Lipinski definition) is 6. The molecule has 3 heterocycles. The normalized spacial score (nSPS) is 15.3. The van der Waals surface area contributed by atoms with Gasteiger partial charge in [0.2, 0.25) is 0 Å². The lowest BCUT2D eigenvalue weighted by Gasteiger charge is -2.33. The Morgan fingerprint density at radius 3 is 2.68 bits per heavy atom. The lowest BCUT2D eigenvalue weighted by atomic mass is 10.3. The summed E-state index contributed by atoms with van der Waals surface area (Å²) in [5.41, 5.74) is 2.05. The van der Waals surface area contributed by atoms with Gasteiger partial charge in [-0.2, -0.15) is 0 Å². The smallest absolute Gasteiger partial charge is 0.409 e. The molecule has 1 saturated heterocycles. The minimum absolute atomic E-state index is 0.227. The van der Waals surface area contributed by atoms with Crippen LogP contribution >= 0.6 is 0 Å². The van der Waals surface area contributed by atoms with Crippen LogP contribution in [0.4, 0.5) is 4.79 Å². The first kappa shape index (κ1) is 18.5. The second-order valence-corrected chi connectivity index (χ2v) is 6.91. The Bertz CT molecular complexity index is 956. The number of para-hydroxylation sites is 2. The van der Waals surface area contributed by atoms with Crippen LogP contribution < -0.4 is 0 Å². The first-order chi connectivity index (χ1) is 13.6. The molecule has 0 saturated carbocycles. The van der Waals surface area contributed by atoms with Crippen molar-refractivity contribution in [2.24, 2.45) is 0 Å². The van der Waals surface area contributed by atoms with Crippen molar-refractivity contribution >= 4 is 17.1 Å². The van der Waals surface area contributed by atoms with E-state index >= 15 is 0 Å². The zero-order chi connectivity index (χ0) is 19.5. The van der Waals surface area contributed by atoms with Crippen LogP contribution in [0.1, 0.15) is 24.4 Å².